The van der Waals surface area contributed by atoms with Gasteiger partial charge in [-0.05, 0) is 11.5 Å². The van der Waals surface area contributed by atoms with Crippen LogP contribution in [0.15, 0.2) is 47.4 Å². The first-order valence-electron chi connectivity index (χ1n) is 7.74. The monoisotopic (exact) mass is 346 g/mol. The molecular weight excluding hydrogens is 323 g/mol. The first kappa shape index (κ1) is 22.3. The number of hydrogen-bond donors (Lipinski definition) is 1. The topological polar surface area (TPSA) is 71.4 Å². The van der Waals surface area contributed by atoms with E-state index in [-0.39, 0.29) is 4.90 Å². The van der Waals surface area contributed by atoms with Crippen molar-refractivity contribution >= 4 is 55.6 Å². The maximum Gasteiger partial charge on any atom is 0.295 e. The molecule has 2 rings (SSSR count). The molecular formula is C17H23NaO4S. The minimum Gasteiger partial charge on any atom is -0.282 e. The van der Waals surface area contributed by atoms with Crippen LogP contribution in [0.4, 0.5) is 0 Å². The van der Waals surface area contributed by atoms with E-state index in [1.54, 1.807) is 30.3 Å². The first-order chi connectivity index (χ1) is 11.0. The Bertz CT molecular complexity index is 662. The minimum absolute atomic E-state index is 0.0457. The van der Waals surface area contributed by atoms with E-state index < -0.39 is 10.1 Å². The smallest absolute Gasteiger partial charge is 0.282 e. The molecule has 0 aliphatic heterocycles. The molecule has 0 fully saturated rings. The van der Waals surface area contributed by atoms with Crippen molar-refractivity contribution in [1.29, 1.82) is 0 Å². The maximum atomic E-state index is 11.0. The summed E-state index contributed by atoms with van der Waals surface area (Å²) in [4.78, 5) is 7.95. The Labute approximate surface area is 156 Å². The number of hydrogen-bond acceptors (Lipinski definition) is 3. The van der Waals surface area contributed by atoms with Crippen LogP contribution in [-0.2, 0) is 14.9 Å². The van der Waals surface area contributed by atoms with Gasteiger partial charge in [0, 0.05) is 5.39 Å². The largest absolute Gasteiger partial charge is 0.295 e. The molecule has 0 heterocycles. The SMILES string of the molecule is C=O.CCCCC[CH2][Na].O=S(=O)(O)c1cccc2ccccc12. The molecule has 0 unspecified atom stereocenters. The third kappa shape index (κ3) is 8.63. The van der Waals surface area contributed by atoms with Crippen molar-refractivity contribution in [3.63, 3.8) is 0 Å². The van der Waals surface area contributed by atoms with Gasteiger partial charge >= 0.3 is 64.2 Å². The van der Waals surface area contributed by atoms with Crippen LogP contribution in [-0.4, -0.2) is 47.7 Å². The van der Waals surface area contributed by atoms with E-state index in [1.165, 1.54) is 63.4 Å². The van der Waals surface area contributed by atoms with Gasteiger partial charge in [0.25, 0.3) is 10.1 Å². The van der Waals surface area contributed by atoms with Gasteiger partial charge in [-0.3, -0.25) is 4.55 Å². The van der Waals surface area contributed by atoms with Crippen LogP contribution in [0.2, 0.25) is 3.67 Å². The van der Waals surface area contributed by atoms with Crippen LogP contribution in [0.3, 0.4) is 0 Å². The maximum absolute atomic E-state index is 11.0. The van der Waals surface area contributed by atoms with Crippen molar-refractivity contribution in [3.05, 3.63) is 42.5 Å². The molecule has 0 bridgehead atoms. The van der Waals surface area contributed by atoms with Crippen molar-refractivity contribution < 1.29 is 17.8 Å². The summed E-state index contributed by atoms with van der Waals surface area (Å²) in [6.07, 6.45) is 5.78. The van der Waals surface area contributed by atoms with Gasteiger partial charge in [0.2, 0.25) is 0 Å². The van der Waals surface area contributed by atoms with Crippen molar-refractivity contribution in [1.82, 2.24) is 0 Å². The number of fused-ring (bicyclic) bond motifs is 1. The zero-order valence-electron chi connectivity index (χ0n) is 13.9. The third-order valence-electron chi connectivity index (χ3n) is 3.23. The van der Waals surface area contributed by atoms with E-state index in [1.807, 2.05) is 12.9 Å². The Hall–Kier alpha value is -0.720. The molecule has 0 saturated carbocycles. The van der Waals surface area contributed by atoms with E-state index in [9.17, 15) is 8.42 Å². The van der Waals surface area contributed by atoms with Gasteiger partial charge in [-0.15, -0.1) is 0 Å². The zero-order valence-corrected chi connectivity index (χ0v) is 16.7. The Morgan fingerprint density at radius 2 is 1.61 bits per heavy atom. The molecule has 0 saturated heterocycles. The number of carbonyl (C=O) groups excluding carboxylic acids is 1. The second-order valence-electron chi connectivity index (χ2n) is 5.01. The van der Waals surface area contributed by atoms with E-state index in [0.717, 1.165) is 5.39 Å². The normalized spacial score (nSPS) is 10.3. The summed E-state index contributed by atoms with van der Waals surface area (Å²) in [5, 5.41) is 1.33. The molecule has 0 amide bonds. The molecule has 0 aromatic heterocycles. The molecule has 0 radical (unpaired) electrons. The number of unbranched alkanes of at least 4 members (excludes halogenated alkanes) is 3. The van der Waals surface area contributed by atoms with Crippen LogP contribution >= 0.6 is 0 Å². The van der Waals surface area contributed by atoms with Crippen LogP contribution in [0.25, 0.3) is 10.8 Å². The molecule has 1 N–H and O–H groups in total. The van der Waals surface area contributed by atoms with Gasteiger partial charge in [0.05, 0.1) is 0 Å². The number of carbonyl (C=O) groups is 1. The number of rotatable bonds is 5. The van der Waals surface area contributed by atoms with Gasteiger partial charge in [0.15, 0.2) is 0 Å². The quantitative estimate of drug-likeness (QED) is 0.503. The third-order valence-corrected chi connectivity index (χ3v) is 4.85. The Morgan fingerprint density at radius 1 is 1.00 bits per heavy atom. The summed E-state index contributed by atoms with van der Waals surface area (Å²) in [5.74, 6) is 0. The van der Waals surface area contributed by atoms with E-state index in [4.69, 9.17) is 9.35 Å². The van der Waals surface area contributed by atoms with Crippen LogP contribution in [0.5, 0.6) is 0 Å². The molecule has 0 aliphatic rings. The van der Waals surface area contributed by atoms with Gasteiger partial charge in [-0.25, -0.2) is 0 Å². The molecule has 0 atom stereocenters. The van der Waals surface area contributed by atoms with Crippen LogP contribution in [0, 0.1) is 0 Å². The molecule has 6 heteroatoms. The second-order valence-corrected chi connectivity index (χ2v) is 7.40. The fraction of sp³-hybridized carbons (Fsp3) is 0.353. The minimum atomic E-state index is -4.13. The van der Waals surface area contributed by atoms with Gasteiger partial charge < -0.3 is 4.79 Å². The average Bonchev–Trinajstić information content (AvgIpc) is 2.56. The second kappa shape index (κ2) is 12.7. The predicted molar refractivity (Wildman–Crippen MR) is 95.6 cm³/mol. The Kier molecular flexibility index (Phi) is 12.3. The summed E-state index contributed by atoms with van der Waals surface area (Å²) in [5.41, 5.74) is 0. The standard InChI is InChI=1S/C10H8O3S.C6H13.CH2O.Na/c11-14(12,13)10-7-3-5-8-4-1-2-6-9(8)10;1-3-5-6-4-2;1-2;/h1-7H,(H,11,12,13);1,3-6H2,2H3;1H2;. The Morgan fingerprint density at radius 3 is 2.17 bits per heavy atom. The summed E-state index contributed by atoms with van der Waals surface area (Å²) < 4.78 is 32.5. The van der Waals surface area contributed by atoms with E-state index in [0.29, 0.717) is 5.39 Å². The van der Waals surface area contributed by atoms with Gasteiger partial charge in [-0.2, -0.15) is 8.42 Å². The van der Waals surface area contributed by atoms with Crippen LogP contribution < -0.4 is 0 Å². The fourth-order valence-corrected chi connectivity index (χ4v) is 3.31. The summed E-state index contributed by atoms with van der Waals surface area (Å²) in [6, 6.07) is 11.8. The molecule has 23 heavy (non-hydrogen) atoms. The molecule has 2 aromatic rings. The van der Waals surface area contributed by atoms with Crippen molar-refractivity contribution in [2.24, 2.45) is 0 Å². The van der Waals surface area contributed by atoms with Crippen molar-refractivity contribution in [2.45, 2.75) is 41.2 Å². The molecule has 4 nitrogen and oxygen atoms in total. The predicted octanol–water partition coefficient (Wildman–Crippen LogP) is 4.06. The number of benzene rings is 2. The summed E-state index contributed by atoms with van der Waals surface area (Å²) >= 11 is 1.41. The van der Waals surface area contributed by atoms with Gasteiger partial charge in [-0.1, -0.05) is 36.4 Å². The van der Waals surface area contributed by atoms with Crippen LogP contribution in [0.1, 0.15) is 32.6 Å². The Balaban J connectivity index is 0.000000460. The summed E-state index contributed by atoms with van der Waals surface area (Å²) in [6.45, 7) is 4.26. The molecule has 0 aliphatic carbocycles. The van der Waals surface area contributed by atoms with E-state index >= 15 is 0 Å². The first-order valence-corrected chi connectivity index (χ1v) is 10.6. The van der Waals surface area contributed by atoms with E-state index in [2.05, 4.69) is 6.92 Å². The molecule has 2 aromatic carbocycles. The average molecular weight is 346 g/mol. The zero-order chi connectivity index (χ0) is 17.7. The molecule has 122 valence electrons. The fourth-order valence-electron chi connectivity index (χ4n) is 2.10. The van der Waals surface area contributed by atoms with Crippen molar-refractivity contribution in [2.75, 3.05) is 0 Å². The van der Waals surface area contributed by atoms with Crippen molar-refractivity contribution in [3.8, 4) is 0 Å². The molecule has 0 spiro atoms. The summed E-state index contributed by atoms with van der Waals surface area (Å²) in [7, 11) is -4.13. The van der Waals surface area contributed by atoms with Gasteiger partial charge in [0.1, 0.15) is 11.7 Å².